The van der Waals surface area contributed by atoms with Gasteiger partial charge in [0.05, 0.1) is 26.0 Å². The molecule has 1 saturated heterocycles. The fourth-order valence-electron chi connectivity index (χ4n) is 3.09. The van der Waals surface area contributed by atoms with Crippen LogP contribution in [0.2, 0.25) is 0 Å². The van der Waals surface area contributed by atoms with Crippen LogP contribution < -0.4 is 15.4 Å². The number of benzene rings is 1. The lowest BCUT2D eigenvalue weighted by molar-refractivity contribution is 0.140. The Morgan fingerprint density at radius 3 is 2.83 bits per heavy atom. The van der Waals surface area contributed by atoms with E-state index in [0.717, 1.165) is 55.6 Å². The number of nitrogens with zero attached hydrogens (tertiary/aromatic N) is 1. The first kappa shape index (κ1) is 24.5. The fraction of sp³-hybridized carbons (Fsp3) is 0.522. The highest BCUT2D eigenvalue weighted by atomic mass is 127. The minimum Gasteiger partial charge on any atom is -0.488 e. The predicted molar refractivity (Wildman–Crippen MR) is 131 cm³/mol. The summed E-state index contributed by atoms with van der Waals surface area (Å²) in [7, 11) is 0. The number of rotatable bonds is 9. The van der Waals surface area contributed by atoms with Gasteiger partial charge >= 0.3 is 0 Å². The number of ether oxygens (including phenoxy) is 2. The molecular formula is C23H34IN3O3. The Bertz CT molecular complexity index is 772. The van der Waals surface area contributed by atoms with E-state index in [4.69, 9.17) is 18.9 Å². The lowest BCUT2D eigenvalue weighted by atomic mass is 10.1. The Kier molecular flexibility index (Phi) is 10.5. The molecule has 166 valence electrons. The molecule has 1 atom stereocenters. The standard InChI is InChI=1S/C23H33N3O3.HI/c1-17(2)14-25-23(24-10-8-20-5-4-11-28-20)26-15-19-7-6-18(3)13-22(19)29-21-9-12-27-16-21;/h4-7,11,13,17,21H,8-10,12,14-16H2,1-3H3,(H2,24,25,26);1H. The zero-order valence-corrected chi connectivity index (χ0v) is 20.5. The summed E-state index contributed by atoms with van der Waals surface area (Å²) in [5.41, 5.74) is 2.26. The molecule has 0 bridgehead atoms. The van der Waals surface area contributed by atoms with Gasteiger partial charge in [-0.25, -0.2) is 4.99 Å². The number of nitrogens with one attached hydrogen (secondary N) is 2. The molecule has 0 aliphatic carbocycles. The van der Waals surface area contributed by atoms with Crippen LogP contribution in [0.15, 0.2) is 46.0 Å². The zero-order valence-electron chi connectivity index (χ0n) is 18.1. The highest BCUT2D eigenvalue weighted by molar-refractivity contribution is 14.0. The van der Waals surface area contributed by atoms with Crippen LogP contribution in [0.5, 0.6) is 5.75 Å². The predicted octanol–water partition coefficient (Wildman–Crippen LogP) is 4.31. The summed E-state index contributed by atoms with van der Waals surface area (Å²) in [4.78, 5) is 4.80. The van der Waals surface area contributed by atoms with Crippen LogP contribution in [0.4, 0.5) is 0 Å². The lowest BCUT2D eigenvalue weighted by Crippen LogP contribution is -2.40. The van der Waals surface area contributed by atoms with Crippen molar-refractivity contribution in [2.24, 2.45) is 10.9 Å². The number of aliphatic imine (C=N–C) groups is 1. The van der Waals surface area contributed by atoms with E-state index >= 15 is 0 Å². The van der Waals surface area contributed by atoms with E-state index in [1.165, 1.54) is 5.56 Å². The van der Waals surface area contributed by atoms with Crippen molar-refractivity contribution in [3.63, 3.8) is 0 Å². The van der Waals surface area contributed by atoms with Gasteiger partial charge in [0.1, 0.15) is 17.6 Å². The van der Waals surface area contributed by atoms with Crippen LogP contribution in [0.3, 0.4) is 0 Å². The average Bonchev–Trinajstić information content (AvgIpc) is 3.39. The molecule has 1 aliphatic heterocycles. The van der Waals surface area contributed by atoms with Gasteiger partial charge in [0.25, 0.3) is 0 Å². The number of hydrogen-bond donors (Lipinski definition) is 2. The third kappa shape index (κ3) is 8.18. The minimum atomic E-state index is 0. The second kappa shape index (κ2) is 12.8. The van der Waals surface area contributed by atoms with Crippen molar-refractivity contribution in [2.75, 3.05) is 26.3 Å². The van der Waals surface area contributed by atoms with Crippen LogP contribution in [0.25, 0.3) is 0 Å². The Labute approximate surface area is 196 Å². The topological polar surface area (TPSA) is 68.0 Å². The van der Waals surface area contributed by atoms with Gasteiger partial charge in [-0.3, -0.25) is 0 Å². The summed E-state index contributed by atoms with van der Waals surface area (Å²) in [6, 6.07) is 10.2. The van der Waals surface area contributed by atoms with Gasteiger partial charge in [0, 0.05) is 31.5 Å². The second-order valence-electron chi connectivity index (χ2n) is 7.91. The Morgan fingerprint density at radius 2 is 2.13 bits per heavy atom. The van der Waals surface area contributed by atoms with Crippen molar-refractivity contribution in [1.29, 1.82) is 0 Å². The summed E-state index contributed by atoms with van der Waals surface area (Å²) in [5.74, 6) is 3.21. The molecular weight excluding hydrogens is 493 g/mol. The molecule has 1 fully saturated rings. The largest absolute Gasteiger partial charge is 0.488 e. The second-order valence-corrected chi connectivity index (χ2v) is 7.91. The summed E-state index contributed by atoms with van der Waals surface area (Å²) >= 11 is 0. The number of halogens is 1. The van der Waals surface area contributed by atoms with Gasteiger partial charge in [-0.15, -0.1) is 24.0 Å². The Hall–Kier alpha value is -1.74. The summed E-state index contributed by atoms with van der Waals surface area (Å²) in [5, 5.41) is 6.83. The van der Waals surface area contributed by atoms with Crippen molar-refractivity contribution < 1.29 is 13.9 Å². The average molecular weight is 527 g/mol. The molecule has 0 spiro atoms. The van der Waals surface area contributed by atoms with Crippen molar-refractivity contribution in [1.82, 2.24) is 10.6 Å². The van der Waals surface area contributed by atoms with Gasteiger partial charge in [0.2, 0.25) is 0 Å². The van der Waals surface area contributed by atoms with Crippen LogP contribution in [-0.4, -0.2) is 38.4 Å². The van der Waals surface area contributed by atoms with Gasteiger partial charge < -0.3 is 24.5 Å². The van der Waals surface area contributed by atoms with Gasteiger partial charge in [-0.05, 0) is 36.6 Å². The molecule has 1 aromatic carbocycles. The van der Waals surface area contributed by atoms with E-state index in [1.54, 1.807) is 6.26 Å². The number of guanidine groups is 1. The first-order chi connectivity index (χ1) is 14.1. The summed E-state index contributed by atoms with van der Waals surface area (Å²) < 4.78 is 17.1. The first-order valence-corrected chi connectivity index (χ1v) is 10.5. The molecule has 0 saturated carbocycles. The van der Waals surface area contributed by atoms with E-state index in [0.29, 0.717) is 19.1 Å². The molecule has 0 amide bonds. The van der Waals surface area contributed by atoms with Crippen LogP contribution in [-0.2, 0) is 17.7 Å². The van der Waals surface area contributed by atoms with Crippen molar-refractivity contribution in [3.8, 4) is 5.75 Å². The quantitative estimate of drug-likeness (QED) is 0.289. The van der Waals surface area contributed by atoms with Crippen molar-refractivity contribution in [3.05, 3.63) is 53.5 Å². The molecule has 1 aliphatic rings. The third-order valence-electron chi connectivity index (χ3n) is 4.73. The van der Waals surface area contributed by atoms with E-state index < -0.39 is 0 Å². The molecule has 1 unspecified atom stereocenters. The molecule has 2 N–H and O–H groups in total. The molecule has 0 radical (unpaired) electrons. The zero-order chi connectivity index (χ0) is 20.5. The van der Waals surface area contributed by atoms with Crippen molar-refractivity contribution >= 4 is 29.9 Å². The highest BCUT2D eigenvalue weighted by Gasteiger charge is 2.18. The van der Waals surface area contributed by atoms with Crippen molar-refractivity contribution in [2.45, 2.75) is 46.3 Å². The molecule has 6 nitrogen and oxygen atoms in total. The molecule has 3 rings (SSSR count). The number of hydrogen-bond acceptors (Lipinski definition) is 4. The third-order valence-corrected chi connectivity index (χ3v) is 4.73. The molecule has 2 aromatic rings. The van der Waals surface area contributed by atoms with Crippen LogP contribution in [0, 0.1) is 12.8 Å². The Balaban J connectivity index is 0.00000320. The maximum absolute atomic E-state index is 6.20. The van der Waals surface area contributed by atoms with E-state index in [2.05, 4.69) is 49.6 Å². The van der Waals surface area contributed by atoms with Gasteiger partial charge in [0.15, 0.2) is 5.96 Å². The summed E-state index contributed by atoms with van der Waals surface area (Å²) in [6.45, 7) is 10.1. The molecule has 30 heavy (non-hydrogen) atoms. The fourth-order valence-corrected chi connectivity index (χ4v) is 3.09. The smallest absolute Gasteiger partial charge is 0.191 e. The Morgan fingerprint density at radius 1 is 1.27 bits per heavy atom. The van der Waals surface area contributed by atoms with E-state index in [9.17, 15) is 0 Å². The monoisotopic (exact) mass is 527 g/mol. The number of furan rings is 1. The minimum absolute atomic E-state index is 0. The normalized spacial score (nSPS) is 16.4. The molecule has 1 aromatic heterocycles. The van der Waals surface area contributed by atoms with E-state index in [1.807, 2.05) is 12.1 Å². The maximum Gasteiger partial charge on any atom is 0.191 e. The first-order valence-electron chi connectivity index (χ1n) is 10.5. The number of aryl methyl sites for hydroxylation is 1. The molecule has 2 heterocycles. The lowest BCUT2D eigenvalue weighted by Gasteiger charge is -2.17. The summed E-state index contributed by atoms with van der Waals surface area (Å²) in [6.07, 6.45) is 3.59. The molecule has 7 heteroatoms. The van der Waals surface area contributed by atoms with Gasteiger partial charge in [-0.2, -0.15) is 0 Å². The van der Waals surface area contributed by atoms with Crippen LogP contribution in [0.1, 0.15) is 37.2 Å². The SMILES string of the molecule is Cc1ccc(CN=C(NCCc2ccco2)NCC(C)C)c(OC2CCOC2)c1.I. The highest BCUT2D eigenvalue weighted by Crippen LogP contribution is 2.24. The van der Waals surface area contributed by atoms with E-state index in [-0.39, 0.29) is 30.1 Å². The maximum atomic E-state index is 6.20. The van der Waals surface area contributed by atoms with Gasteiger partial charge in [-0.1, -0.05) is 26.0 Å². The van der Waals surface area contributed by atoms with Crippen LogP contribution >= 0.6 is 24.0 Å².